The highest BCUT2D eigenvalue weighted by Gasteiger charge is 2.52. The molecule has 12 heteroatoms. The molecule has 0 aromatic heterocycles. The lowest BCUT2D eigenvalue weighted by molar-refractivity contribution is -0.140. The Kier molecular flexibility index (Phi) is 5.23. The zero-order chi connectivity index (χ0) is 15.5. The zero-order valence-corrected chi connectivity index (χ0v) is 9.82. The lowest BCUT2D eigenvalue weighted by Gasteiger charge is -2.14. The molecule has 0 atom stereocenters. The minimum Gasteiger partial charge on any atom is -0.463 e. The van der Waals surface area contributed by atoms with Crippen molar-refractivity contribution in [1.82, 2.24) is 0 Å². The van der Waals surface area contributed by atoms with Crippen molar-refractivity contribution in [3.8, 4) is 0 Å². The monoisotopic (exact) mass is 316 g/mol. The maximum absolute atomic E-state index is 12.2. The molecule has 0 aliphatic heterocycles. The molecule has 0 saturated carbocycles. The van der Waals surface area contributed by atoms with Crippen molar-refractivity contribution in [1.29, 1.82) is 0 Å². The summed E-state index contributed by atoms with van der Waals surface area (Å²) in [4.78, 5) is 10.7. The molecule has 0 rings (SSSR count). The summed E-state index contributed by atoms with van der Waals surface area (Å²) in [6, 6.07) is 0. The Hall–Kier alpha value is -1.46. The van der Waals surface area contributed by atoms with Crippen LogP contribution in [0.2, 0.25) is 0 Å². The molecule has 0 unspecified atom stereocenters. The summed E-state index contributed by atoms with van der Waals surface area (Å²) in [5, 5.41) is 0. The number of hydrogen-bond donors (Lipinski definition) is 0. The third kappa shape index (κ3) is 5.36. The lowest BCUT2D eigenvalue weighted by Crippen LogP contribution is -2.29. The molecule has 112 valence electrons. The van der Waals surface area contributed by atoms with E-state index in [9.17, 15) is 39.6 Å². The van der Waals surface area contributed by atoms with Crippen LogP contribution in [0.3, 0.4) is 0 Å². The molecule has 0 aliphatic carbocycles. The van der Waals surface area contributed by atoms with E-state index in [0.717, 1.165) is 0 Å². The maximum atomic E-state index is 12.2. The van der Waals surface area contributed by atoms with E-state index >= 15 is 0 Å². The molecule has 0 heterocycles. The zero-order valence-electron chi connectivity index (χ0n) is 9.00. The Morgan fingerprint density at radius 3 is 1.95 bits per heavy atom. The fourth-order valence-corrected chi connectivity index (χ4v) is 1.08. The highest BCUT2D eigenvalue weighted by Crippen LogP contribution is 2.33. The standard InChI is InChI=1S/C7H6F6O5S/c1-2-17-5(14)3-4(6(8,9)10)18-19(15,16)7(11,12)13/h3H,2H2,1H3/b4-3-. The summed E-state index contributed by atoms with van der Waals surface area (Å²) >= 11 is 0. The van der Waals surface area contributed by atoms with E-state index in [1.54, 1.807) is 0 Å². The minimum atomic E-state index is -6.54. The van der Waals surface area contributed by atoms with E-state index in [-0.39, 0.29) is 6.61 Å². The quantitative estimate of drug-likeness (QED) is 0.198. The normalized spacial score (nSPS) is 14.2. The number of esters is 1. The third-order valence-corrected chi connectivity index (χ3v) is 2.26. The van der Waals surface area contributed by atoms with Crippen LogP contribution in [0.4, 0.5) is 26.3 Å². The second-order valence-corrected chi connectivity index (χ2v) is 4.28. The number of halogens is 6. The average Bonchev–Trinajstić information content (AvgIpc) is 2.13. The van der Waals surface area contributed by atoms with Gasteiger partial charge in [-0.15, -0.1) is 0 Å². The summed E-state index contributed by atoms with van der Waals surface area (Å²) in [5.74, 6) is -4.35. The first-order valence-corrected chi connectivity index (χ1v) is 5.68. The van der Waals surface area contributed by atoms with Gasteiger partial charge < -0.3 is 8.92 Å². The first kappa shape index (κ1) is 17.5. The van der Waals surface area contributed by atoms with Gasteiger partial charge in [0.15, 0.2) is 0 Å². The van der Waals surface area contributed by atoms with E-state index in [1.807, 2.05) is 0 Å². The highest BCUT2D eigenvalue weighted by atomic mass is 32.2. The number of carbonyl (C=O) groups is 1. The van der Waals surface area contributed by atoms with E-state index in [1.165, 1.54) is 6.92 Å². The van der Waals surface area contributed by atoms with E-state index in [2.05, 4.69) is 8.92 Å². The van der Waals surface area contributed by atoms with Crippen LogP contribution in [0.25, 0.3) is 0 Å². The predicted octanol–water partition coefficient (Wildman–Crippen LogP) is 1.86. The molecule has 0 aromatic rings. The van der Waals surface area contributed by atoms with Crippen molar-refractivity contribution >= 4 is 16.1 Å². The van der Waals surface area contributed by atoms with Crippen molar-refractivity contribution in [2.45, 2.75) is 18.6 Å². The first-order valence-electron chi connectivity index (χ1n) is 4.27. The molecule has 0 N–H and O–H groups in total. The van der Waals surface area contributed by atoms with Crippen molar-refractivity contribution < 1.29 is 48.5 Å². The van der Waals surface area contributed by atoms with Gasteiger partial charge in [-0.3, -0.25) is 0 Å². The van der Waals surface area contributed by atoms with Gasteiger partial charge in [0.05, 0.1) is 12.7 Å². The third-order valence-electron chi connectivity index (χ3n) is 1.30. The Bertz CT molecular complexity index is 459. The second kappa shape index (κ2) is 5.67. The van der Waals surface area contributed by atoms with Crippen LogP contribution < -0.4 is 0 Å². The summed E-state index contributed by atoms with van der Waals surface area (Å²) in [6.45, 7) is 0.846. The lowest BCUT2D eigenvalue weighted by atomic mass is 10.4. The average molecular weight is 316 g/mol. The Morgan fingerprint density at radius 1 is 1.16 bits per heavy atom. The molecule has 0 aliphatic rings. The molecule has 0 amide bonds. The number of rotatable bonds is 4. The Balaban J connectivity index is 5.41. The van der Waals surface area contributed by atoms with Gasteiger partial charge in [-0.1, -0.05) is 0 Å². The summed E-state index contributed by atoms with van der Waals surface area (Å²) < 4.78 is 99.8. The van der Waals surface area contributed by atoms with Gasteiger partial charge >= 0.3 is 27.8 Å². The number of ether oxygens (including phenoxy) is 1. The van der Waals surface area contributed by atoms with Crippen LogP contribution in [0, 0.1) is 0 Å². The van der Waals surface area contributed by atoms with Crippen LogP contribution >= 0.6 is 0 Å². The van der Waals surface area contributed by atoms with Crippen LogP contribution in [-0.4, -0.2) is 32.7 Å². The minimum absolute atomic E-state index is 0.369. The number of hydrogen-bond acceptors (Lipinski definition) is 5. The van der Waals surface area contributed by atoms with Crippen LogP contribution in [0.15, 0.2) is 11.8 Å². The summed E-state index contributed by atoms with van der Waals surface area (Å²) in [7, 11) is -6.54. The number of carbonyl (C=O) groups excluding carboxylic acids is 1. The Labute approximate surface area is 102 Å². The van der Waals surface area contributed by atoms with Gasteiger partial charge in [0.1, 0.15) is 0 Å². The SMILES string of the molecule is CCOC(=O)/C=C(\OS(=O)(=O)C(F)(F)F)C(F)(F)F. The fraction of sp³-hybridized carbons (Fsp3) is 0.571. The number of alkyl halides is 6. The van der Waals surface area contributed by atoms with Gasteiger partial charge in [-0.05, 0) is 6.92 Å². The molecular weight excluding hydrogens is 310 g/mol. The van der Waals surface area contributed by atoms with Gasteiger partial charge in [0.25, 0.3) is 0 Å². The van der Waals surface area contributed by atoms with Crippen LogP contribution in [-0.2, 0) is 23.8 Å². The topological polar surface area (TPSA) is 69.7 Å². The maximum Gasteiger partial charge on any atom is 0.534 e. The van der Waals surface area contributed by atoms with Crippen molar-refractivity contribution in [2.75, 3.05) is 6.61 Å². The predicted molar refractivity (Wildman–Crippen MR) is 46.8 cm³/mol. The summed E-state index contributed by atoms with van der Waals surface area (Å²) in [6.07, 6.45) is -6.15. The van der Waals surface area contributed by atoms with Crippen LogP contribution in [0.5, 0.6) is 0 Å². The highest BCUT2D eigenvalue weighted by molar-refractivity contribution is 7.87. The largest absolute Gasteiger partial charge is 0.534 e. The smallest absolute Gasteiger partial charge is 0.463 e. The molecular formula is C7H6F6O5S. The van der Waals surface area contributed by atoms with E-state index in [4.69, 9.17) is 0 Å². The molecule has 0 saturated heterocycles. The van der Waals surface area contributed by atoms with Gasteiger partial charge in [-0.25, -0.2) is 4.79 Å². The van der Waals surface area contributed by atoms with Gasteiger partial charge in [0, 0.05) is 0 Å². The van der Waals surface area contributed by atoms with Crippen molar-refractivity contribution in [2.24, 2.45) is 0 Å². The Morgan fingerprint density at radius 2 is 1.63 bits per heavy atom. The molecule has 5 nitrogen and oxygen atoms in total. The first-order chi connectivity index (χ1) is 8.31. The van der Waals surface area contributed by atoms with E-state index < -0.39 is 39.6 Å². The second-order valence-electron chi connectivity index (χ2n) is 2.74. The molecule has 0 spiro atoms. The van der Waals surface area contributed by atoms with Crippen molar-refractivity contribution in [3.63, 3.8) is 0 Å². The summed E-state index contributed by atoms with van der Waals surface area (Å²) in [5.41, 5.74) is -6.06. The molecule has 19 heavy (non-hydrogen) atoms. The van der Waals surface area contributed by atoms with Crippen LogP contribution in [0.1, 0.15) is 6.92 Å². The molecule has 0 fully saturated rings. The molecule has 0 aromatic carbocycles. The van der Waals surface area contributed by atoms with E-state index in [0.29, 0.717) is 0 Å². The fourth-order valence-electron chi connectivity index (χ4n) is 0.610. The van der Waals surface area contributed by atoms with Gasteiger partial charge in [-0.2, -0.15) is 34.8 Å². The van der Waals surface area contributed by atoms with Gasteiger partial charge in [0.2, 0.25) is 5.76 Å². The van der Waals surface area contributed by atoms with Crippen molar-refractivity contribution in [3.05, 3.63) is 11.8 Å². The molecule has 0 bridgehead atoms. The molecule has 0 radical (unpaired) electrons. The number of allylic oxidation sites excluding steroid dienone is 1.